The van der Waals surface area contributed by atoms with Crippen molar-refractivity contribution >= 4 is 41.4 Å². The number of carbonyl (C=O) groups excluding carboxylic acids is 2. The zero-order valence-corrected chi connectivity index (χ0v) is 20.5. The monoisotopic (exact) mass is 495 g/mol. The number of amides is 2. The van der Waals surface area contributed by atoms with E-state index in [9.17, 15) is 9.59 Å². The second kappa shape index (κ2) is 12.8. The van der Waals surface area contributed by atoms with Crippen LogP contribution in [-0.2, 0) is 9.59 Å². The molecule has 3 aromatic rings. The summed E-state index contributed by atoms with van der Waals surface area (Å²) >= 11 is 7.31. The topological polar surface area (TPSA) is 79.8 Å². The van der Waals surface area contributed by atoms with Crippen LogP contribution < -0.4 is 15.5 Å². The number of ether oxygens (including phenoxy) is 1. The first kappa shape index (κ1) is 25.3. The van der Waals surface area contributed by atoms with Crippen molar-refractivity contribution in [1.29, 1.82) is 0 Å². The van der Waals surface area contributed by atoms with Crippen LogP contribution in [0.4, 0.5) is 0 Å². The van der Waals surface area contributed by atoms with Gasteiger partial charge in [0.2, 0.25) is 0 Å². The second-order valence-electron chi connectivity index (χ2n) is 7.51. The number of thioether (sulfide) groups is 1. The van der Waals surface area contributed by atoms with Gasteiger partial charge in [-0.1, -0.05) is 41.9 Å². The Labute approximate surface area is 208 Å². The fourth-order valence-corrected chi connectivity index (χ4v) is 3.93. The van der Waals surface area contributed by atoms with E-state index in [4.69, 9.17) is 16.3 Å². The van der Waals surface area contributed by atoms with Crippen LogP contribution in [0.1, 0.15) is 31.0 Å². The van der Waals surface area contributed by atoms with Gasteiger partial charge in [0.05, 0.1) is 17.5 Å². The summed E-state index contributed by atoms with van der Waals surface area (Å²) in [5, 5.41) is 7.27. The smallest absolute Gasteiger partial charge is 0.258 e. The van der Waals surface area contributed by atoms with Gasteiger partial charge in [0.15, 0.2) is 6.61 Å². The molecule has 2 amide bonds. The lowest BCUT2D eigenvalue weighted by Gasteiger charge is -2.14. The molecule has 2 atom stereocenters. The highest BCUT2D eigenvalue weighted by atomic mass is 35.5. The van der Waals surface area contributed by atoms with E-state index < -0.39 is 0 Å². The van der Waals surface area contributed by atoms with Crippen LogP contribution in [0.3, 0.4) is 0 Å². The zero-order chi connectivity index (χ0) is 24.3. The quantitative estimate of drug-likeness (QED) is 0.229. The second-order valence-corrected chi connectivity index (χ2v) is 9.36. The Bertz CT molecular complexity index is 1110. The molecule has 34 heavy (non-hydrogen) atoms. The number of nitrogens with one attached hydrogen (secondary N) is 2. The van der Waals surface area contributed by atoms with Gasteiger partial charge in [-0.3, -0.25) is 9.59 Å². The number of hydrogen-bond donors (Lipinski definition) is 2. The van der Waals surface area contributed by atoms with Gasteiger partial charge in [-0.2, -0.15) is 5.10 Å². The lowest BCUT2D eigenvalue weighted by molar-refractivity contribution is -0.123. The molecule has 6 nitrogen and oxygen atoms in total. The molecule has 0 saturated heterocycles. The van der Waals surface area contributed by atoms with Crippen LogP contribution in [0.15, 0.2) is 88.9 Å². The van der Waals surface area contributed by atoms with Gasteiger partial charge in [0, 0.05) is 9.92 Å². The molecule has 3 aromatic carbocycles. The molecule has 2 N–H and O–H groups in total. The zero-order valence-electron chi connectivity index (χ0n) is 18.9. The Kier molecular flexibility index (Phi) is 9.55. The van der Waals surface area contributed by atoms with E-state index in [1.165, 1.54) is 11.8 Å². The van der Waals surface area contributed by atoms with Crippen LogP contribution >= 0.6 is 23.4 Å². The predicted octanol–water partition coefficient (Wildman–Crippen LogP) is 5.23. The average molecular weight is 496 g/mol. The lowest BCUT2D eigenvalue weighted by Crippen LogP contribution is -2.31. The normalized spacial score (nSPS) is 12.7. The highest BCUT2D eigenvalue weighted by Crippen LogP contribution is 2.24. The maximum atomic E-state index is 12.2. The van der Waals surface area contributed by atoms with Gasteiger partial charge in [-0.05, 0) is 73.5 Å². The first-order chi connectivity index (χ1) is 16.4. The molecule has 8 heteroatoms. The van der Waals surface area contributed by atoms with Crippen molar-refractivity contribution in [1.82, 2.24) is 10.7 Å². The third kappa shape index (κ3) is 8.24. The fourth-order valence-electron chi connectivity index (χ4n) is 2.94. The number of nitrogens with zero attached hydrogens (tertiary/aromatic N) is 1. The van der Waals surface area contributed by atoms with Crippen molar-refractivity contribution in [3.8, 4) is 5.75 Å². The third-order valence-corrected chi connectivity index (χ3v) is 6.18. The van der Waals surface area contributed by atoms with Gasteiger partial charge in [0.1, 0.15) is 5.75 Å². The number of rotatable bonds is 10. The van der Waals surface area contributed by atoms with E-state index in [0.29, 0.717) is 10.8 Å². The molecule has 0 aliphatic rings. The fraction of sp³-hybridized carbons (Fsp3) is 0.192. The minimum atomic E-state index is -0.315. The van der Waals surface area contributed by atoms with Crippen molar-refractivity contribution in [2.75, 3.05) is 6.61 Å². The van der Waals surface area contributed by atoms with Crippen LogP contribution in [0.2, 0.25) is 5.02 Å². The number of halogens is 1. The molecule has 0 aromatic heterocycles. The maximum Gasteiger partial charge on any atom is 0.258 e. The average Bonchev–Trinajstić information content (AvgIpc) is 2.85. The number of hydrazone groups is 1. The SMILES string of the molecule is C[C@H](Sc1ccc(Cl)cc1)C(=O)N/N=C\c1ccc(OCC(=O)N[C@@H](C)c2ccccc2)cc1. The summed E-state index contributed by atoms with van der Waals surface area (Å²) in [6, 6.07) is 24.0. The third-order valence-electron chi connectivity index (χ3n) is 4.81. The van der Waals surface area contributed by atoms with Gasteiger partial charge in [0.25, 0.3) is 11.8 Å². The molecule has 0 aliphatic carbocycles. The Morgan fingerprint density at radius 2 is 1.68 bits per heavy atom. The van der Waals surface area contributed by atoms with Crippen LogP contribution in [-0.4, -0.2) is 29.9 Å². The molecular weight excluding hydrogens is 470 g/mol. The number of benzene rings is 3. The van der Waals surface area contributed by atoms with Crippen molar-refractivity contribution in [2.45, 2.75) is 30.0 Å². The Morgan fingerprint density at radius 3 is 2.35 bits per heavy atom. The van der Waals surface area contributed by atoms with E-state index in [-0.39, 0.29) is 29.7 Å². The van der Waals surface area contributed by atoms with Crippen LogP contribution in [0.5, 0.6) is 5.75 Å². The van der Waals surface area contributed by atoms with Crippen molar-refractivity contribution in [3.63, 3.8) is 0 Å². The maximum absolute atomic E-state index is 12.2. The highest BCUT2D eigenvalue weighted by Gasteiger charge is 2.13. The standard InChI is InChI=1S/C26H26ClN3O3S/c1-18(21-6-4-3-5-7-21)29-25(31)17-33-23-12-8-20(9-13-23)16-28-30-26(32)19(2)34-24-14-10-22(27)11-15-24/h3-16,18-19H,17H2,1-2H3,(H,29,31)(H,30,32)/b28-16-/t18-,19-/m0/s1. The summed E-state index contributed by atoms with van der Waals surface area (Å²) in [5.74, 6) is 0.166. The Morgan fingerprint density at radius 1 is 1.00 bits per heavy atom. The number of carbonyl (C=O) groups is 2. The van der Waals surface area contributed by atoms with E-state index in [2.05, 4.69) is 15.8 Å². The highest BCUT2D eigenvalue weighted by molar-refractivity contribution is 8.00. The summed E-state index contributed by atoms with van der Waals surface area (Å²) in [4.78, 5) is 25.4. The summed E-state index contributed by atoms with van der Waals surface area (Å²) < 4.78 is 5.56. The molecule has 0 heterocycles. The summed E-state index contributed by atoms with van der Waals surface area (Å²) in [6.07, 6.45) is 1.55. The van der Waals surface area contributed by atoms with E-state index in [1.54, 1.807) is 42.6 Å². The van der Waals surface area contributed by atoms with E-state index in [1.807, 2.05) is 56.3 Å². The minimum absolute atomic E-state index is 0.0795. The molecule has 176 valence electrons. The molecule has 0 unspecified atom stereocenters. The van der Waals surface area contributed by atoms with Gasteiger partial charge in [-0.15, -0.1) is 11.8 Å². The molecule has 0 fully saturated rings. The molecule has 0 radical (unpaired) electrons. The molecular formula is C26H26ClN3O3S. The lowest BCUT2D eigenvalue weighted by atomic mass is 10.1. The van der Waals surface area contributed by atoms with Crippen molar-refractivity contribution < 1.29 is 14.3 Å². The Hall–Kier alpha value is -3.29. The first-order valence-electron chi connectivity index (χ1n) is 10.7. The molecule has 3 rings (SSSR count). The number of hydrogen-bond acceptors (Lipinski definition) is 5. The van der Waals surface area contributed by atoms with Crippen LogP contribution in [0.25, 0.3) is 0 Å². The van der Waals surface area contributed by atoms with Gasteiger partial charge < -0.3 is 10.1 Å². The Balaban J connectivity index is 1.41. The molecule has 0 aliphatic heterocycles. The summed E-state index contributed by atoms with van der Waals surface area (Å²) in [5.41, 5.74) is 4.37. The summed E-state index contributed by atoms with van der Waals surface area (Å²) in [7, 11) is 0. The largest absolute Gasteiger partial charge is 0.484 e. The van der Waals surface area contributed by atoms with E-state index in [0.717, 1.165) is 16.0 Å². The molecule has 0 bridgehead atoms. The first-order valence-corrected chi connectivity index (χ1v) is 12.0. The summed E-state index contributed by atoms with van der Waals surface area (Å²) in [6.45, 7) is 3.66. The van der Waals surface area contributed by atoms with Gasteiger partial charge in [-0.25, -0.2) is 5.43 Å². The molecule has 0 saturated carbocycles. The van der Waals surface area contributed by atoms with Crippen molar-refractivity contribution in [3.05, 3.63) is 95.0 Å². The van der Waals surface area contributed by atoms with E-state index >= 15 is 0 Å². The molecule has 0 spiro atoms. The van der Waals surface area contributed by atoms with Crippen molar-refractivity contribution in [2.24, 2.45) is 5.10 Å². The minimum Gasteiger partial charge on any atom is -0.484 e. The predicted molar refractivity (Wildman–Crippen MR) is 137 cm³/mol. The van der Waals surface area contributed by atoms with Crippen LogP contribution in [0, 0.1) is 0 Å². The van der Waals surface area contributed by atoms with Gasteiger partial charge >= 0.3 is 0 Å².